The second-order valence-electron chi connectivity index (χ2n) is 10.1. The summed E-state index contributed by atoms with van der Waals surface area (Å²) in [4.78, 5) is 17.8. The first-order valence-corrected chi connectivity index (χ1v) is 13.5. The van der Waals surface area contributed by atoms with Gasteiger partial charge in [0, 0.05) is 47.8 Å². The number of halogens is 1. The number of hydrogen-bond donors (Lipinski definition) is 1. The standard InChI is InChI=1S/C29H37ClN4O/c1-2-33-15-7-10-25(33)19-31-29(35)22-13-16-32(17-14-22)21-26-18-23-8-4-6-12-28(23)34(26)20-24-9-3-5-11-27(24)30/h3-6,8-9,11-12,18,22,25H,2,7,10,13-17,19-21H2,1H3,(H,31,35)/t25-/m0/s1. The Hall–Kier alpha value is -2.34. The first kappa shape index (κ1) is 24.4. The second-order valence-corrected chi connectivity index (χ2v) is 10.5. The summed E-state index contributed by atoms with van der Waals surface area (Å²) >= 11 is 6.50. The Morgan fingerprint density at radius 3 is 2.57 bits per heavy atom. The van der Waals surface area contributed by atoms with Crippen LogP contribution in [0.2, 0.25) is 5.02 Å². The predicted molar refractivity (Wildman–Crippen MR) is 144 cm³/mol. The molecule has 0 saturated carbocycles. The quantitative estimate of drug-likeness (QED) is 0.472. The van der Waals surface area contributed by atoms with E-state index in [9.17, 15) is 4.79 Å². The zero-order valence-electron chi connectivity index (χ0n) is 20.8. The summed E-state index contributed by atoms with van der Waals surface area (Å²) < 4.78 is 2.40. The summed E-state index contributed by atoms with van der Waals surface area (Å²) in [6, 6.07) is 19.5. The Morgan fingerprint density at radius 1 is 1.00 bits per heavy atom. The predicted octanol–water partition coefficient (Wildman–Crippen LogP) is 5.16. The largest absolute Gasteiger partial charge is 0.354 e. The molecule has 2 aromatic carbocycles. The normalized spacial score (nSPS) is 20.0. The van der Waals surface area contributed by atoms with Crippen LogP contribution in [0.25, 0.3) is 10.9 Å². The number of carbonyl (C=O) groups is 1. The Kier molecular flexibility index (Phi) is 7.76. The Labute approximate surface area is 214 Å². The van der Waals surface area contributed by atoms with Gasteiger partial charge in [-0.25, -0.2) is 0 Å². The van der Waals surface area contributed by atoms with Crippen molar-refractivity contribution < 1.29 is 4.79 Å². The molecular formula is C29H37ClN4O. The van der Waals surface area contributed by atoms with Crippen molar-refractivity contribution in [3.63, 3.8) is 0 Å². The molecule has 0 radical (unpaired) electrons. The van der Waals surface area contributed by atoms with Crippen LogP contribution in [-0.2, 0) is 17.9 Å². The molecule has 6 heteroatoms. The molecule has 1 amide bonds. The number of aromatic nitrogens is 1. The second kappa shape index (κ2) is 11.2. The van der Waals surface area contributed by atoms with E-state index < -0.39 is 0 Å². The first-order chi connectivity index (χ1) is 17.1. The average Bonchev–Trinajstić information content (AvgIpc) is 3.48. The lowest BCUT2D eigenvalue weighted by Gasteiger charge is -2.32. The van der Waals surface area contributed by atoms with Gasteiger partial charge in [0.1, 0.15) is 0 Å². The molecule has 2 aliphatic heterocycles. The number of rotatable bonds is 8. The third kappa shape index (κ3) is 5.58. The maximum Gasteiger partial charge on any atom is 0.223 e. The number of likely N-dealkylation sites (tertiary alicyclic amines) is 2. The number of piperidine rings is 1. The molecule has 35 heavy (non-hydrogen) atoms. The maximum absolute atomic E-state index is 12.9. The van der Waals surface area contributed by atoms with Crippen molar-refractivity contribution in [3.05, 3.63) is 70.9 Å². The van der Waals surface area contributed by atoms with Crippen molar-refractivity contribution in [1.29, 1.82) is 0 Å². The number of likely N-dealkylation sites (N-methyl/N-ethyl adjacent to an activating group) is 1. The summed E-state index contributed by atoms with van der Waals surface area (Å²) in [7, 11) is 0. The molecular weight excluding hydrogens is 456 g/mol. The molecule has 3 aromatic rings. The van der Waals surface area contributed by atoms with Crippen LogP contribution in [0.15, 0.2) is 54.6 Å². The highest BCUT2D eigenvalue weighted by Gasteiger charge is 2.28. The van der Waals surface area contributed by atoms with Gasteiger partial charge in [-0.2, -0.15) is 0 Å². The van der Waals surface area contributed by atoms with Crippen molar-refractivity contribution in [2.45, 2.75) is 51.7 Å². The van der Waals surface area contributed by atoms with Crippen LogP contribution >= 0.6 is 11.6 Å². The molecule has 1 atom stereocenters. The molecule has 1 aromatic heterocycles. The Balaban J connectivity index is 1.21. The van der Waals surface area contributed by atoms with E-state index in [1.54, 1.807) is 0 Å². The minimum absolute atomic E-state index is 0.136. The Morgan fingerprint density at radius 2 is 1.77 bits per heavy atom. The van der Waals surface area contributed by atoms with Crippen LogP contribution in [0, 0.1) is 5.92 Å². The van der Waals surface area contributed by atoms with Crippen LogP contribution in [-0.4, -0.2) is 59.0 Å². The van der Waals surface area contributed by atoms with Crippen molar-refractivity contribution in [3.8, 4) is 0 Å². The number of amides is 1. The highest BCUT2D eigenvalue weighted by molar-refractivity contribution is 6.31. The highest BCUT2D eigenvalue weighted by Crippen LogP contribution is 2.27. The topological polar surface area (TPSA) is 40.5 Å². The molecule has 2 fully saturated rings. The molecule has 0 bridgehead atoms. The van der Waals surface area contributed by atoms with Crippen molar-refractivity contribution in [1.82, 2.24) is 19.7 Å². The van der Waals surface area contributed by atoms with E-state index in [-0.39, 0.29) is 11.8 Å². The number of nitrogens with one attached hydrogen (secondary N) is 1. The monoisotopic (exact) mass is 492 g/mol. The van der Waals surface area contributed by atoms with Gasteiger partial charge in [-0.1, -0.05) is 54.9 Å². The van der Waals surface area contributed by atoms with Crippen LogP contribution in [0.1, 0.15) is 43.9 Å². The van der Waals surface area contributed by atoms with E-state index >= 15 is 0 Å². The zero-order chi connectivity index (χ0) is 24.2. The van der Waals surface area contributed by atoms with Crippen molar-refractivity contribution >= 4 is 28.4 Å². The zero-order valence-corrected chi connectivity index (χ0v) is 21.5. The summed E-state index contributed by atoms with van der Waals surface area (Å²) in [6.45, 7) is 8.82. The van der Waals surface area contributed by atoms with Gasteiger partial charge in [0.2, 0.25) is 5.91 Å². The summed E-state index contributed by atoms with van der Waals surface area (Å²) in [5.74, 6) is 0.386. The van der Waals surface area contributed by atoms with Gasteiger partial charge in [-0.15, -0.1) is 0 Å². The molecule has 3 heterocycles. The SMILES string of the molecule is CCN1CCC[C@H]1CNC(=O)C1CCN(Cc2cc3ccccc3n2Cc2ccccc2Cl)CC1. The molecule has 0 unspecified atom stereocenters. The summed E-state index contributed by atoms with van der Waals surface area (Å²) in [5, 5.41) is 5.34. The van der Waals surface area contributed by atoms with Crippen LogP contribution in [0.4, 0.5) is 0 Å². The smallest absolute Gasteiger partial charge is 0.223 e. The van der Waals surface area contributed by atoms with E-state index in [1.165, 1.54) is 36.0 Å². The van der Waals surface area contributed by atoms with Gasteiger partial charge in [-0.05, 0) is 81.0 Å². The lowest BCUT2D eigenvalue weighted by molar-refractivity contribution is -0.126. The van der Waals surface area contributed by atoms with E-state index in [2.05, 4.69) is 69.1 Å². The molecule has 5 rings (SSSR count). The Bertz CT molecular complexity index is 1150. The van der Waals surface area contributed by atoms with E-state index in [1.807, 2.05) is 12.1 Å². The summed E-state index contributed by atoms with van der Waals surface area (Å²) in [5.41, 5.74) is 3.68. The third-order valence-corrected chi connectivity index (χ3v) is 8.31. The first-order valence-electron chi connectivity index (χ1n) is 13.2. The van der Waals surface area contributed by atoms with Gasteiger partial charge in [-0.3, -0.25) is 14.6 Å². The highest BCUT2D eigenvalue weighted by atomic mass is 35.5. The number of fused-ring (bicyclic) bond motifs is 1. The van der Waals surface area contributed by atoms with Crippen molar-refractivity contribution in [2.75, 3.05) is 32.7 Å². The van der Waals surface area contributed by atoms with Gasteiger partial charge in [0.15, 0.2) is 0 Å². The fraction of sp³-hybridized carbons (Fsp3) is 0.483. The molecule has 5 nitrogen and oxygen atoms in total. The number of nitrogens with zero attached hydrogens (tertiary/aromatic N) is 3. The molecule has 1 N–H and O–H groups in total. The lowest BCUT2D eigenvalue weighted by atomic mass is 9.95. The van der Waals surface area contributed by atoms with E-state index in [4.69, 9.17) is 11.6 Å². The number of carbonyl (C=O) groups excluding carboxylic acids is 1. The minimum Gasteiger partial charge on any atom is -0.354 e. The molecule has 2 aliphatic rings. The fourth-order valence-electron chi connectivity index (χ4n) is 5.87. The van der Waals surface area contributed by atoms with Gasteiger partial charge in [0.25, 0.3) is 0 Å². The van der Waals surface area contributed by atoms with Crippen molar-refractivity contribution in [2.24, 2.45) is 5.92 Å². The molecule has 0 spiro atoms. The summed E-state index contributed by atoms with van der Waals surface area (Å²) in [6.07, 6.45) is 4.31. The van der Waals surface area contributed by atoms with Gasteiger partial charge >= 0.3 is 0 Å². The lowest BCUT2D eigenvalue weighted by Crippen LogP contribution is -2.44. The van der Waals surface area contributed by atoms with Gasteiger partial charge < -0.3 is 9.88 Å². The molecule has 2 saturated heterocycles. The number of benzene rings is 2. The van der Waals surface area contributed by atoms with Crippen LogP contribution in [0.5, 0.6) is 0 Å². The minimum atomic E-state index is 0.136. The van der Waals surface area contributed by atoms with E-state index in [0.717, 1.165) is 62.7 Å². The molecule has 186 valence electrons. The average molecular weight is 493 g/mol. The van der Waals surface area contributed by atoms with Crippen LogP contribution in [0.3, 0.4) is 0 Å². The fourth-order valence-corrected chi connectivity index (χ4v) is 6.07. The maximum atomic E-state index is 12.9. The third-order valence-electron chi connectivity index (χ3n) is 7.94. The van der Waals surface area contributed by atoms with E-state index in [0.29, 0.717) is 6.04 Å². The number of para-hydroxylation sites is 1. The molecule has 0 aliphatic carbocycles. The van der Waals surface area contributed by atoms with Crippen LogP contribution < -0.4 is 5.32 Å². The van der Waals surface area contributed by atoms with Gasteiger partial charge in [0.05, 0.1) is 0 Å². The number of hydrogen-bond acceptors (Lipinski definition) is 3.